The fourth-order valence-electron chi connectivity index (χ4n) is 10.9. The molecular weight excluding hydrogens is 937 g/mol. The van der Waals surface area contributed by atoms with Crippen molar-refractivity contribution in [1.29, 1.82) is 0 Å². The summed E-state index contributed by atoms with van der Waals surface area (Å²) in [7, 11) is 0. The van der Waals surface area contributed by atoms with Gasteiger partial charge in [0.15, 0.2) is 0 Å². The maximum absolute atomic E-state index is 5.20. The van der Waals surface area contributed by atoms with E-state index in [1.807, 2.05) is 0 Å². The number of hydrogen-bond donors (Lipinski definition) is 3. The van der Waals surface area contributed by atoms with Crippen LogP contribution in [0.1, 0.15) is 213 Å². The highest BCUT2D eigenvalue weighted by atomic mass is 15.5. The van der Waals surface area contributed by atoms with Gasteiger partial charge in [-0.3, -0.25) is 0 Å². The molecule has 10 heterocycles. The summed E-state index contributed by atoms with van der Waals surface area (Å²) in [5.41, 5.74) is 0. The highest BCUT2D eigenvalue weighted by Crippen LogP contribution is 2.27. The molecule has 0 unspecified atom stereocenters. The van der Waals surface area contributed by atoms with Gasteiger partial charge in [0.25, 0.3) is 0 Å². The minimum Gasteiger partial charge on any atom is -0.354 e. The number of aromatic nitrogens is 9. The number of anilines is 9. The van der Waals surface area contributed by atoms with Gasteiger partial charge in [0.1, 0.15) is 0 Å². The largest absolute Gasteiger partial charge is 0.354 e. The highest BCUT2D eigenvalue weighted by Gasteiger charge is 2.30. The molecule has 0 aromatic carbocycles. The summed E-state index contributed by atoms with van der Waals surface area (Å²) in [5.74, 6) is 6.35. The first-order chi connectivity index (χ1) is 37.1. The van der Waals surface area contributed by atoms with Gasteiger partial charge in [-0.1, -0.05) is 194 Å². The third-order valence-electron chi connectivity index (χ3n) is 15.8. The molecule has 0 aliphatic carbocycles. The minimum absolute atomic E-state index is 0.660. The second-order valence-corrected chi connectivity index (χ2v) is 22.0. The molecule has 7 aliphatic rings. The van der Waals surface area contributed by atoms with Crippen molar-refractivity contribution in [2.45, 2.75) is 213 Å². The zero-order valence-corrected chi connectivity index (χ0v) is 47.5. The van der Waals surface area contributed by atoms with Crippen LogP contribution in [0, 0.1) is 0 Å². The van der Waals surface area contributed by atoms with Gasteiger partial charge in [-0.25, -0.2) is 0 Å². The Bertz CT molecular complexity index is 1670. The van der Waals surface area contributed by atoms with Crippen molar-refractivity contribution in [3.8, 4) is 0 Å². The maximum Gasteiger partial charge on any atom is 0.232 e. The van der Waals surface area contributed by atoms with Crippen LogP contribution in [0.15, 0.2) is 0 Å². The summed E-state index contributed by atoms with van der Waals surface area (Å²) in [5, 5.41) is 10.9. The van der Waals surface area contributed by atoms with E-state index in [-0.39, 0.29) is 0 Å². The van der Waals surface area contributed by atoms with E-state index < -0.39 is 0 Å². The van der Waals surface area contributed by atoms with Crippen molar-refractivity contribution in [1.82, 2.24) is 44.9 Å². The molecule has 3 aromatic rings. The molecule has 7 aliphatic heterocycles. The Hall–Kier alpha value is -4.77. The number of fused-ring (bicyclic) bond motifs is 3. The Morgan fingerprint density at radius 2 is 0.387 bits per heavy atom. The van der Waals surface area contributed by atoms with Crippen LogP contribution in [0.3, 0.4) is 0 Å². The fraction of sp³-hybridized carbons (Fsp3) is 0.842. The molecule has 3 saturated heterocycles. The molecule has 3 fully saturated rings. The number of hydrogen-bond acceptors (Lipinski definition) is 18. The molecule has 0 saturated carbocycles. The quantitative estimate of drug-likeness (QED) is 0.0469. The van der Waals surface area contributed by atoms with E-state index in [9.17, 15) is 0 Å². The van der Waals surface area contributed by atoms with Gasteiger partial charge in [0, 0.05) is 98.2 Å². The van der Waals surface area contributed by atoms with E-state index >= 15 is 0 Å². The first kappa shape index (κ1) is 57.9. The van der Waals surface area contributed by atoms with Crippen LogP contribution >= 0.6 is 0 Å². The molecule has 3 N–H and O–H groups in total. The molecule has 420 valence electrons. The Morgan fingerprint density at radius 3 is 0.560 bits per heavy atom. The monoisotopic (exact) mass is 1040 g/mol. The van der Waals surface area contributed by atoms with Crippen molar-refractivity contribution < 1.29 is 0 Å². The topological polar surface area (TPSA) is 172 Å². The van der Waals surface area contributed by atoms with Crippen LogP contribution < -0.4 is 45.3 Å². The van der Waals surface area contributed by atoms with Gasteiger partial charge in [-0.15, -0.1) is 0 Å². The summed E-state index contributed by atoms with van der Waals surface area (Å²) >= 11 is 0. The van der Waals surface area contributed by atoms with E-state index in [0.29, 0.717) is 17.8 Å². The van der Waals surface area contributed by atoms with Crippen molar-refractivity contribution in [2.75, 3.05) is 144 Å². The van der Waals surface area contributed by atoms with Crippen LogP contribution in [-0.4, -0.2) is 143 Å². The first-order valence-corrected chi connectivity index (χ1v) is 31.1. The Labute approximate surface area is 453 Å². The summed E-state index contributed by atoms with van der Waals surface area (Å²) < 4.78 is 0. The molecule has 3 aromatic heterocycles. The Balaban J connectivity index is 1.04. The molecule has 12 bridgehead atoms. The van der Waals surface area contributed by atoms with E-state index in [4.69, 9.17) is 44.9 Å². The minimum atomic E-state index is 0.660. The number of unbranched alkanes of at least 4 members (excludes halogenated alkanes) is 27. The van der Waals surface area contributed by atoms with Gasteiger partial charge in [-0.05, 0) is 19.3 Å². The molecule has 75 heavy (non-hydrogen) atoms. The number of piperazine rings is 3. The van der Waals surface area contributed by atoms with Gasteiger partial charge >= 0.3 is 0 Å². The number of nitrogens with one attached hydrogen (secondary N) is 3. The van der Waals surface area contributed by atoms with Gasteiger partial charge < -0.3 is 45.3 Å². The van der Waals surface area contributed by atoms with Gasteiger partial charge in [0.05, 0.1) is 0 Å². The van der Waals surface area contributed by atoms with Crippen LogP contribution in [0.4, 0.5) is 53.5 Å². The highest BCUT2D eigenvalue weighted by molar-refractivity contribution is 5.52. The predicted octanol–water partition coefficient (Wildman–Crippen LogP) is 11.5. The average Bonchev–Trinajstić information content (AvgIpc) is 3.45. The average molecular weight is 1040 g/mol. The zero-order valence-electron chi connectivity index (χ0n) is 47.5. The summed E-state index contributed by atoms with van der Waals surface area (Å²) in [6.45, 7) is 18.5. The molecule has 0 amide bonds. The molecule has 0 radical (unpaired) electrons. The van der Waals surface area contributed by atoms with Crippen LogP contribution in [0.25, 0.3) is 0 Å². The lowest BCUT2D eigenvalue weighted by atomic mass is 10.1. The molecular formula is C57H102N18. The molecule has 18 heteroatoms. The van der Waals surface area contributed by atoms with E-state index in [1.54, 1.807) is 0 Å². The van der Waals surface area contributed by atoms with Crippen molar-refractivity contribution in [2.24, 2.45) is 0 Å². The van der Waals surface area contributed by atoms with E-state index in [0.717, 1.165) is 153 Å². The lowest BCUT2D eigenvalue weighted by Crippen LogP contribution is -2.49. The second-order valence-electron chi connectivity index (χ2n) is 22.0. The Morgan fingerprint density at radius 1 is 0.227 bits per heavy atom. The lowest BCUT2D eigenvalue weighted by molar-refractivity contribution is 0.559. The third kappa shape index (κ3) is 20.3. The van der Waals surface area contributed by atoms with Gasteiger partial charge in [-0.2, -0.15) is 44.9 Å². The molecule has 18 nitrogen and oxygen atoms in total. The van der Waals surface area contributed by atoms with Crippen LogP contribution in [0.2, 0.25) is 0 Å². The zero-order chi connectivity index (χ0) is 52.0. The van der Waals surface area contributed by atoms with Crippen LogP contribution in [-0.2, 0) is 0 Å². The summed E-state index contributed by atoms with van der Waals surface area (Å²) in [4.78, 5) is 60.0. The Kier molecular flexibility index (Phi) is 26.3. The third-order valence-corrected chi connectivity index (χ3v) is 15.8. The second kappa shape index (κ2) is 34.1. The maximum atomic E-state index is 5.20. The van der Waals surface area contributed by atoms with E-state index in [1.165, 1.54) is 173 Å². The standard InChI is InChI=1S/C57H102N18/c1-4-7-10-13-16-19-22-25-28-31-34-58-49-61-52-67-53(62-49)71-39-43-73(44-40-71)55-64-51(60-36-33-30-27-24-21-18-15-12-9-6-3)66-57(69-55)75-47-45-74(46-48-75)56-65-50(63-54(68-56)72-41-37-70(52)38-42-72)59-35-32-29-26-23-20-17-14-11-8-5-2/h4-48H2,1-3H3,(H,58,61,62,67)(H,59,63,65,68)(H,60,64,66,69). The molecule has 0 spiro atoms. The van der Waals surface area contributed by atoms with Crippen molar-refractivity contribution in [3.63, 3.8) is 0 Å². The lowest BCUT2D eigenvalue weighted by Gasteiger charge is -2.36. The molecule has 10 rings (SSSR count). The van der Waals surface area contributed by atoms with Gasteiger partial charge in [0.2, 0.25) is 53.5 Å². The SMILES string of the molecule is CCCCCCCCCCCCNc1nc2nc(n1)N1CCN(CC1)c1nc(NCCCCCCCCCCCC)nc(n1)N1CCN(CC1)c1nc(NCCCCCCCCCCCC)nc(n1)N1CCN2CC1. The normalized spacial score (nSPS) is 15.6. The van der Waals surface area contributed by atoms with Crippen molar-refractivity contribution >= 4 is 53.5 Å². The number of nitrogens with zero attached hydrogens (tertiary/aromatic N) is 15. The van der Waals surface area contributed by atoms with E-state index in [2.05, 4.69) is 66.1 Å². The fourth-order valence-corrected chi connectivity index (χ4v) is 10.9. The number of rotatable bonds is 36. The van der Waals surface area contributed by atoms with Crippen LogP contribution in [0.5, 0.6) is 0 Å². The first-order valence-electron chi connectivity index (χ1n) is 31.1. The molecule has 0 atom stereocenters. The predicted molar refractivity (Wildman–Crippen MR) is 314 cm³/mol. The summed E-state index contributed by atoms with van der Waals surface area (Å²) in [6.07, 6.45) is 39.3. The smallest absolute Gasteiger partial charge is 0.232 e. The summed E-state index contributed by atoms with van der Waals surface area (Å²) in [6, 6.07) is 0. The van der Waals surface area contributed by atoms with Crippen molar-refractivity contribution in [3.05, 3.63) is 0 Å².